The number of rotatable bonds is 4. The number of hydrogen-bond acceptors (Lipinski definition) is 3. The van der Waals surface area contributed by atoms with Crippen molar-refractivity contribution < 1.29 is 22.8 Å². The van der Waals surface area contributed by atoms with Crippen LogP contribution in [-0.2, 0) is 16.4 Å². The monoisotopic (exact) mass is 504 g/mol. The van der Waals surface area contributed by atoms with Crippen molar-refractivity contribution in [1.29, 1.82) is 0 Å². The third-order valence-corrected chi connectivity index (χ3v) is 6.56. The lowest BCUT2D eigenvalue weighted by Crippen LogP contribution is -2.33. The van der Waals surface area contributed by atoms with Crippen LogP contribution in [0.2, 0.25) is 0 Å². The van der Waals surface area contributed by atoms with Crippen molar-refractivity contribution in [2.75, 3.05) is 10.2 Å². The van der Waals surface area contributed by atoms with Crippen LogP contribution in [-0.4, -0.2) is 22.0 Å². The highest BCUT2D eigenvalue weighted by molar-refractivity contribution is 6.14. The normalized spacial score (nSPS) is 14.5. The molecule has 0 aliphatic carbocycles. The van der Waals surface area contributed by atoms with E-state index in [4.69, 9.17) is 0 Å². The van der Waals surface area contributed by atoms with Gasteiger partial charge in [0.25, 0.3) is 5.91 Å². The minimum atomic E-state index is -4.73. The molecule has 3 aromatic carbocycles. The average molecular weight is 505 g/mol. The van der Waals surface area contributed by atoms with E-state index in [1.54, 1.807) is 62.4 Å². The molecule has 6 nitrogen and oxygen atoms in total. The number of alkyl halides is 3. The predicted octanol–water partition coefficient (Wildman–Crippen LogP) is 6.61. The molecule has 0 radical (unpaired) electrons. The number of fused-ring (bicyclic) bond motifs is 1. The zero-order chi connectivity index (χ0) is 26.5. The van der Waals surface area contributed by atoms with Gasteiger partial charge >= 0.3 is 6.18 Å². The van der Waals surface area contributed by atoms with Gasteiger partial charge in [0, 0.05) is 11.8 Å². The summed E-state index contributed by atoms with van der Waals surface area (Å²) in [6.45, 7) is 5.40. The van der Waals surface area contributed by atoms with Crippen molar-refractivity contribution in [1.82, 2.24) is 10.2 Å². The van der Waals surface area contributed by atoms with E-state index in [1.165, 1.54) is 23.2 Å². The molecule has 1 aromatic heterocycles. The number of amides is 2. The summed E-state index contributed by atoms with van der Waals surface area (Å²) in [4.78, 5) is 28.0. The lowest BCUT2D eigenvalue weighted by atomic mass is 9.81. The van der Waals surface area contributed by atoms with E-state index >= 15 is 0 Å². The number of benzene rings is 3. The van der Waals surface area contributed by atoms with Crippen LogP contribution in [0, 0.1) is 6.92 Å². The first-order valence-electron chi connectivity index (χ1n) is 11.6. The SMILES string of the molecule is Cc1ccc(NC(=O)c2cc(-c3cccc4c3C(C)(C)C(=O)N4c3ccn[nH]3)ccc2C(F)(F)F)cc1. The molecule has 4 aromatic rings. The Morgan fingerprint density at radius 3 is 2.41 bits per heavy atom. The third-order valence-electron chi connectivity index (χ3n) is 6.56. The lowest BCUT2D eigenvalue weighted by Gasteiger charge is -2.21. The fourth-order valence-electron chi connectivity index (χ4n) is 4.71. The first-order valence-corrected chi connectivity index (χ1v) is 11.6. The highest BCUT2D eigenvalue weighted by Crippen LogP contribution is 2.49. The Hall–Kier alpha value is -4.40. The third kappa shape index (κ3) is 4.16. The van der Waals surface area contributed by atoms with E-state index < -0.39 is 28.6 Å². The molecule has 0 atom stereocenters. The number of H-pyrrole nitrogens is 1. The van der Waals surface area contributed by atoms with Crippen LogP contribution in [0.1, 0.15) is 40.9 Å². The highest BCUT2D eigenvalue weighted by atomic mass is 19.4. The van der Waals surface area contributed by atoms with E-state index in [0.717, 1.165) is 11.6 Å². The van der Waals surface area contributed by atoms with Crippen LogP contribution < -0.4 is 10.2 Å². The van der Waals surface area contributed by atoms with Crippen molar-refractivity contribution in [2.45, 2.75) is 32.4 Å². The summed E-state index contributed by atoms with van der Waals surface area (Å²) in [6, 6.07) is 17.2. The molecule has 5 rings (SSSR count). The van der Waals surface area contributed by atoms with Gasteiger partial charge in [-0.2, -0.15) is 18.3 Å². The number of aryl methyl sites for hydroxylation is 1. The second-order valence-corrected chi connectivity index (χ2v) is 9.49. The van der Waals surface area contributed by atoms with E-state index in [1.807, 2.05) is 6.92 Å². The number of anilines is 3. The van der Waals surface area contributed by atoms with Gasteiger partial charge in [-0.15, -0.1) is 0 Å². The number of hydrogen-bond donors (Lipinski definition) is 2. The lowest BCUT2D eigenvalue weighted by molar-refractivity contribution is -0.137. The Morgan fingerprint density at radius 1 is 1.03 bits per heavy atom. The zero-order valence-corrected chi connectivity index (χ0v) is 20.3. The molecule has 0 saturated heterocycles. The summed E-state index contributed by atoms with van der Waals surface area (Å²) < 4.78 is 41.7. The number of nitrogens with zero attached hydrogens (tertiary/aromatic N) is 2. The Labute approximate surface area is 211 Å². The summed E-state index contributed by atoms with van der Waals surface area (Å²) in [6.07, 6.45) is -3.20. The molecule has 1 aliphatic heterocycles. The van der Waals surface area contributed by atoms with E-state index in [9.17, 15) is 22.8 Å². The van der Waals surface area contributed by atoms with Gasteiger partial charge in [-0.3, -0.25) is 19.6 Å². The summed E-state index contributed by atoms with van der Waals surface area (Å²) in [5, 5.41) is 9.30. The van der Waals surface area contributed by atoms with E-state index in [-0.39, 0.29) is 5.91 Å². The maximum absolute atomic E-state index is 13.9. The molecule has 0 unspecified atom stereocenters. The number of halogens is 3. The van der Waals surface area contributed by atoms with Gasteiger partial charge in [0.15, 0.2) is 0 Å². The minimum Gasteiger partial charge on any atom is -0.322 e. The number of carbonyl (C=O) groups excluding carboxylic acids is 2. The minimum absolute atomic E-state index is 0.205. The Kier molecular flexibility index (Phi) is 5.66. The van der Waals surface area contributed by atoms with Crippen LogP contribution in [0.3, 0.4) is 0 Å². The second kappa shape index (κ2) is 8.62. The molecule has 2 N–H and O–H groups in total. The van der Waals surface area contributed by atoms with Gasteiger partial charge in [-0.1, -0.05) is 35.9 Å². The van der Waals surface area contributed by atoms with Gasteiger partial charge in [-0.05, 0) is 67.8 Å². The molecule has 188 valence electrons. The van der Waals surface area contributed by atoms with Crippen LogP contribution in [0.4, 0.5) is 30.4 Å². The van der Waals surface area contributed by atoms with Gasteiger partial charge < -0.3 is 5.32 Å². The van der Waals surface area contributed by atoms with E-state index in [2.05, 4.69) is 15.5 Å². The summed E-state index contributed by atoms with van der Waals surface area (Å²) in [7, 11) is 0. The maximum atomic E-state index is 13.9. The molecular formula is C28H23F3N4O2. The van der Waals surface area contributed by atoms with Crippen molar-refractivity contribution in [3.8, 4) is 11.1 Å². The summed E-state index contributed by atoms with van der Waals surface area (Å²) >= 11 is 0. The standard InChI is InChI=1S/C28H23F3N4O2/c1-16-7-10-18(11-8-16)33-25(36)20-15-17(9-12-21(20)28(29,30)31)19-5-4-6-22-24(19)27(2,3)26(37)35(22)23-13-14-32-34-23/h4-15H,1-3H3,(H,32,34)(H,33,36). The molecule has 1 aliphatic rings. The Morgan fingerprint density at radius 2 is 1.76 bits per heavy atom. The van der Waals surface area contributed by atoms with Crippen LogP contribution in [0.5, 0.6) is 0 Å². The molecule has 9 heteroatoms. The maximum Gasteiger partial charge on any atom is 0.417 e. The summed E-state index contributed by atoms with van der Waals surface area (Å²) in [5.41, 5.74) is 1.03. The first-order chi connectivity index (χ1) is 17.5. The molecular weight excluding hydrogens is 481 g/mol. The number of carbonyl (C=O) groups is 2. The Balaban J connectivity index is 1.64. The van der Waals surface area contributed by atoms with E-state index in [0.29, 0.717) is 33.9 Å². The molecule has 0 saturated carbocycles. The van der Waals surface area contributed by atoms with Crippen LogP contribution in [0.15, 0.2) is 72.9 Å². The van der Waals surface area contributed by atoms with Crippen molar-refractivity contribution in [3.63, 3.8) is 0 Å². The molecule has 2 heterocycles. The number of aromatic nitrogens is 2. The smallest absolute Gasteiger partial charge is 0.322 e. The molecule has 2 amide bonds. The fourth-order valence-corrected chi connectivity index (χ4v) is 4.71. The van der Waals surface area contributed by atoms with Gasteiger partial charge in [0.2, 0.25) is 5.91 Å². The number of aromatic amines is 1. The molecule has 0 fully saturated rings. The largest absolute Gasteiger partial charge is 0.417 e. The van der Waals surface area contributed by atoms with Crippen LogP contribution >= 0.6 is 0 Å². The number of nitrogens with one attached hydrogen (secondary N) is 2. The van der Waals surface area contributed by atoms with Crippen LogP contribution in [0.25, 0.3) is 11.1 Å². The predicted molar refractivity (Wildman–Crippen MR) is 135 cm³/mol. The van der Waals surface area contributed by atoms with Gasteiger partial charge in [0.05, 0.1) is 28.4 Å². The van der Waals surface area contributed by atoms with Crippen molar-refractivity contribution in [3.05, 3.63) is 95.2 Å². The zero-order valence-electron chi connectivity index (χ0n) is 20.3. The van der Waals surface area contributed by atoms with Crippen molar-refractivity contribution in [2.24, 2.45) is 0 Å². The average Bonchev–Trinajstić information content (AvgIpc) is 3.45. The Bertz CT molecular complexity index is 1510. The van der Waals surface area contributed by atoms with Gasteiger partial charge in [0.1, 0.15) is 5.82 Å². The highest BCUT2D eigenvalue weighted by Gasteiger charge is 2.46. The fraction of sp³-hybridized carbons (Fsp3) is 0.179. The first kappa shape index (κ1) is 24.3. The second-order valence-electron chi connectivity index (χ2n) is 9.49. The van der Waals surface area contributed by atoms with Gasteiger partial charge in [-0.25, -0.2) is 0 Å². The van der Waals surface area contributed by atoms with Crippen molar-refractivity contribution >= 4 is 29.0 Å². The quantitative estimate of drug-likeness (QED) is 0.328. The summed E-state index contributed by atoms with van der Waals surface area (Å²) in [5.74, 6) is -0.594. The molecule has 0 spiro atoms. The molecule has 0 bridgehead atoms. The topological polar surface area (TPSA) is 78.1 Å². The molecule has 37 heavy (non-hydrogen) atoms.